The van der Waals surface area contributed by atoms with Crippen LogP contribution in [0.15, 0.2) is 24.5 Å². The summed E-state index contributed by atoms with van der Waals surface area (Å²) in [6, 6.07) is 3.90. The van der Waals surface area contributed by atoms with Gasteiger partial charge >= 0.3 is 0 Å². The molecule has 0 aliphatic carbocycles. The molecule has 0 aromatic carbocycles. The summed E-state index contributed by atoms with van der Waals surface area (Å²) >= 11 is 1.79. The highest BCUT2D eigenvalue weighted by atomic mass is 32.2. The second kappa shape index (κ2) is 6.04. The smallest absolute Gasteiger partial charge is 0.0671 e. The lowest BCUT2D eigenvalue weighted by molar-refractivity contribution is 0.200. The van der Waals surface area contributed by atoms with Gasteiger partial charge < -0.3 is 5.11 Å². The number of thioether (sulfide) groups is 1. The fraction of sp³-hybridized carbons (Fsp3) is 0.545. The molecule has 0 fully saturated rings. The molecule has 2 nitrogen and oxygen atoms in total. The number of rotatable bonds is 5. The molecule has 0 bridgehead atoms. The monoisotopic (exact) mass is 211 g/mol. The van der Waals surface area contributed by atoms with Crippen LogP contribution in [0.4, 0.5) is 0 Å². The zero-order valence-electron chi connectivity index (χ0n) is 8.68. The molecule has 1 heterocycles. The van der Waals surface area contributed by atoms with Crippen LogP contribution in [0.3, 0.4) is 0 Å². The van der Waals surface area contributed by atoms with E-state index in [1.165, 1.54) is 0 Å². The summed E-state index contributed by atoms with van der Waals surface area (Å²) in [4.78, 5) is 4.02. The van der Waals surface area contributed by atoms with E-state index in [0.29, 0.717) is 11.7 Å². The molecule has 0 saturated heterocycles. The molecule has 78 valence electrons. The molecule has 3 heteroatoms. The Morgan fingerprint density at radius 3 is 2.86 bits per heavy atom. The summed E-state index contributed by atoms with van der Waals surface area (Å²) in [6.07, 6.45) is 4.00. The molecule has 1 atom stereocenters. The summed E-state index contributed by atoms with van der Waals surface area (Å²) in [5.41, 5.74) is 1.10. The van der Waals surface area contributed by atoms with Crippen LogP contribution in [0, 0.1) is 0 Å². The summed E-state index contributed by atoms with van der Waals surface area (Å²) < 4.78 is 0. The fourth-order valence-corrected chi connectivity index (χ4v) is 1.88. The Hall–Kier alpha value is -0.540. The highest BCUT2D eigenvalue weighted by Crippen LogP contribution is 2.12. The van der Waals surface area contributed by atoms with E-state index in [1.54, 1.807) is 18.0 Å². The minimum atomic E-state index is -0.258. The number of hydrogen-bond acceptors (Lipinski definition) is 3. The number of pyridine rings is 1. The number of aromatic nitrogens is 1. The largest absolute Gasteiger partial charge is 0.392 e. The van der Waals surface area contributed by atoms with E-state index in [0.717, 1.165) is 11.3 Å². The quantitative estimate of drug-likeness (QED) is 0.810. The first-order chi connectivity index (χ1) is 6.68. The van der Waals surface area contributed by atoms with Crippen LogP contribution in [0.1, 0.15) is 19.4 Å². The molecular weight excluding hydrogens is 194 g/mol. The molecule has 0 aliphatic rings. The predicted molar refractivity (Wildman–Crippen MR) is 61.5 cm³/mol. The van der Waals surface area contributed by atoms with E-state index in [2.05, 4.69) is 18.8 Å². The Morgan fingerprint density at radius 2 is 2.29 bits per heavy atom. The Labute approximate surface area is 89.8 Å². The van der Waals surface area contributed by atoms with Gasteiger partial charge in [-0.05, 0) is 16.9 Å². The third-order valence-corrected chi connectivity index (χ3v) is 3.06. The van der Waals surface area contributed by atoms with Gasteiger partial charge in [0.2, 0.25) is 0 Å². The lowest BCUT2D eigenvalue weighted by Crippen LogP contribution is -2.14. The standard InChI is InChI=1S/C11H17NOS/c1-9(2)14-8-11(13)6-10-4-3-5-12-7-10/h3-5,7,9,11,13H,6,8H2,1-2H3. The Kier molecular flexibility index (Phi) is 4.98. The van der Waals surface area contributed by atoms with Crippen LogP contribution in [-0.4, -0.2) is 27.2 Å². The fourth-order valence-electron chi connectivity index (χ4n) is 1.15. The summed E-state index contributed by atoms with van der Waals surface area (Å²) in [5.74, 6) is 0.798. The van der Waals surface area contributed by atoms with E-state index in [-0.39, 0.29) is 6.10 Å². The van der Waals surface area contributed by atoms with Gasteiger partial charge in [0.05, 0.1) is 6.10 Å². The van der Waals surface area contributed by atoms with Crippen LogP contribution in [-0.2, 0) is 6.42 Å². The van der Waals surface area contributed by atoms with Crippen molar-refractivity contribution >= 4 is 11.8 Å². The van der Waals surface area contributed by atoms with Crippen LogP contribution in [0.5, 0.6) is 0 Å². The summed E-state index contributed by atoms with van der Waals surface area (Å²) in [6.45, 7) is 4.28. The number of aliphatic hydroxyl groups excluding tert-OH is 1. The van der Waals surface area contributed by atoms with Crippen molar-refractivity contribution in [2.24, 2.45) is 0 Å². The Balaban J connectivity index is 2.30. The van der Waals surface area contributed by atoms with Gasteiger partial charge in [0.1, 0.15) is 0 Å². The molecule has 1 unspecified atom stereocenters. The van der Waals surface area contributed by atoms with E-state index >= 15 is 0 Å². The van der Waals surface area contributed by atoms with Crippen molar-refractivity contribution in [2.75, 3.05) is 5.75 Å². The maximum absolute atomic E-state index is 9.70. The lowest BCUT2D eigenvalue weighted by atomic mass is 10.1. The van der Waals surface area contributed by atoms with E-state index in [1.807, 2.05) is 18.3 Å². The first-order valence-corrected chi connectivity index (χ1v) is 5.92. The Morgan fingerprint density at radius 1 is 1.50 bits per heavy atom. The predicted octanol–water partition coefficient (Wildman–Crippen LogP) is 2.13. The maximum Gasteiger partial charge on any atom is 0.0671 e. The van der Waals surface area contributed by atoms with Crippen molar-refractivity contribution in [1.82, 2.24) is 4.98 Å². The zero-order chi connectivity index (χ0) is 10.4. The highest BCUT2D eigenvalue weighted by Gasteiger charge is 2.06. The molecule has 0 aliphatic heterocycles. The van der Waals surface area contributed by atoms with Crippen molar-refractivity contribution in [1.29, 1.82) is 0 Å². The van der Waals surface area contributed by atoms with E-state index < -0.39 is 0 Å². The van der Waals surface area contributed by atoms with Gasteiger partial charge in [-0.1, -0.05) is 19.9 Å². The topological polar surface area (TPSA) is 33.1 Å². The van der Waals surface area contributed by atoms with Gasteiger partial charge in [0.15, 0.2) is 0 Å². The third-order valence-electron chi connectivity index (χ3n) is 1.82. The van der Waals surface area contributed by atoms with E-state index in [4.69, 9.17) is 0 Å². The van der Waals surface area contributed by atoms with Crippen molar-refractivity contribution in [2.45, 2.75) is 31.6 Å². The zero-order valence-corrected chi connectivity index (χ0v) is 9.50. The van der Waals surface area contributed by atoms with Gasteiger partial charge in [-0.3, -0.25) is 4.98 Å². The molecule has 0 radical (unpaired) electrons. The Bertz CT molecular complexity index is 251. The highest BCUT2D eigenvalue weighted by molar-refractivity contribution is 7.99. The molecule has 0 spiro atoms. The number of aliphatic hydroxyl groups is 1. The summed E-state index contributed by atoms with van der Waals surface area (Å²) in [7, 11) is 0. The van der Waals surface area contributed by atoms with Crippen molar-refractivity contribution < 1.29 is 5.11 Å². The first-order valence-electron chi connectivity index (χ1n) is 4.87. The number of nitrogens with zero attached hydrogens (tertiary/aromatic N) is 1. The van der Waals surface area contributed by atoms with Gasteiger partial charge in [-0.25, -0.2) is 0 Å². The molecule has 1 N–H and O–H groups in total. The molecule has 1 aromatic heterocycles. The van der Waals surface area contributed by atoms with Crippen molar-refractivity contribution in [3.63, 3.8) is 0 Å². The second-order valence-electron chi connectivity index (χ2n) is 3.60. The molecule has 0 saturated carbocycles. The van der Waals surface area contributed by atoms with Gasteiger partial charge in [0, 0.05) is 24.6 Å². The molecule has 1 aromatic rings. The van der Waals surface area contributed by atoms with Crippen LogP contribution in [0.2, 0.25) is 0 Å². The van der Waals surface area contributed by atoms with Gasteiger partial charge in [-0.2, -0.15) is 11.8 Å². The van der Waals surface area contributed by atoms with E-state index in [9.17, 15) is 5.11 Å². The van der Waals surface area contributed by atoms with Crippen molar-refractivity contribution in [3.8, 4) is 0 Å². The molecule has 1 rings (SSSR count). The van der Waals surface area contributed by atoms with Crippen LogP contribution < -0.4 is 0 Å². The lowest BCUT2D eigenvalue weighted by Gasteiger charge is -2.11. The van der Waals surface area contributed by atoms with Gasteiger partial charge in [0.25, 0.3) is 0 Å². The SMILES string of the molecule is CC(C)SCC(O)Cc1cccnc1. The minimum absolute atomic E-state index is 0.258. The van der Waals surface area contributed by atoms with Crippen LogP contribution in [0.25, 0.3) is 0 Å². The second-order valence-corrected chi connectivity index (χ2v) is 5.21. The average molecular weight is 211 g/mol. The van der Waals surface area contributed by atoms with Crippen molar-refractivity contribution in [3.05, 3.63) is 30.1 Å². The minimum Gasteiger partial charge on any atom is -0.392 e. The summed E-state index contributed by atoms with van der Waals surface area (Å²) in [5, 5.41) is 10.3. The maximum atomic E-state index is 9.70. The molecule has 14 heavy (non-hydrogen) atoms. The van der Waals surface area contributed by atoms with Gasteiger partial charge in [-0.15, -0.1) is 0 Å². The number of hydrogen-bond donors (Lipinski definition) is 1. The first kappa shape index (κ1) is 11.5. The van der Waals surface area contributed by atoms with Crippen LogP contribution >= 0.6 is 11.8 Å². The average Bonchev–Trinajstić information content (AvgIpc) is 2.16. The molecular formula is C11H17NOS. The normalized spacial score (nSPS) is 13.1. The third kappa shape index (κ3) is 4.63. The molecule has 0 amide bonds.